The predicted octanol–water partition coefficient (Wildman–Crippen LogP) is 4.15. The van der Waals surface area contributed by atoms with Crippen molar-refractivity contribution in [2.75, 3.05) is 19.0 Å². The molecule has 0 atom stereocenters. The van der Waals surface area contributed by atoms with Crippen molar-refractivity contribution in [3.63, 3.8) is 0 Å². The standard InChI is InChI=1S/C20H18ClN5O3S/c1-11-8-14(5-6-15(11)21)29-10-18(27)22-16-9-13(4-7-17(16)28-3)19-25-26-12(2)23-24-20(26)30-19/h4-9H,10H2,1-3H3,(H,22,27). The Morgan fingerprint density at radius 3 is 2.77 bits per heavy atom. The molecule has 2 aromatic carbocycles. The zero-order chi connectivity index (χ0) is 21.3. The van der Waals surface area contributed by atoms with Crippen LogP contribution in [0.3, 0.4) is 0 Å². The second-order valence-corrected chi connectivity index (χ2v) is 7.87. The lowest BCUT2D eigenvalue weighted by Crippen LogP contribution is -2.20. The van der Waals surface area contributed by atoms with Gasteiger partial charge in [-0.25, -0.2) is 0 Å². The van der Waals surface area contributed by atoms with Gasteiger partial charge >= 0.3 is 0 Å². The molecule has 0 aliphatic heterocycles. The molecule has 10 heteroatoms. The van der Waals surface area contributed by atoms with Crippen molar-refractivity contribution in [2.45, 2.75) is 13.8 Å². The van der Waals surface area contributed by atoms with Crippen LogP contribution in [-0.4, -0.2) is 39.4 Å². The molecule has 0 saturated heterocycles. The van der Waals surface area contributed by atoms with E-state index in [1.807, 2.05) is 26.0 Å². The van der Waals surface area contributed by atoms with Crippen LogP contribution in [0.1, 0.15) is 11.4 Å². The molecule has 0 aliphatic carbocycles. The van der Waals surface area contributed by atoms with Gasteiger partial charge in [-0.3, -0.25) is 4.79 Å². The van der Waals surface area contributed by atoms with E-state index < -0.39 is 0 Å². The van der Waals surface area contributed by atoms with Gasteiger partial charge in [0.05, 0.1) is 12.8 Å². The fourth-order valence-corrected chi connectivity index (χ4v) is 3.81. The van der Waals surface area contributed by atoms with Crippen molar-refractivity contribution < 1.29 is 14.3 Å². The van der Waals surface area contributed by atoms with Gasteiger partial charge in [0, 0.05) is 10.6 Å². The molecule has 0 spiro atoms. The SMILES string of the molecule is COc1ccc(-c2nn3c(C)nnc3s2)cc1NC(=O)COc1ccc(Cl)c(C)c1. The maximum Gasteiger partial charge on any atom is 0.262 e. The minimum Gasteiger partial charge on any atom is -0.495 e. The first-order valence-corrected chi connectivity index (χ1v) is 10.2. The lowest BCUT2D eigenvalue weighted by Gasteiger charge is -2.12. The van der Waals surface area contributed by atoms with Crippen molar-refractivity contribution in [3.05, 3.63) is 52.8 Å². The number of nitrogens with one attached hydrogen (secondary N) is 1. The normalized spacial score (nSPS) is 10.9. The number of carbonyl (C=O) groups is 1. The molecule has 0 unspecified atom stereocenters. The predicted molar refractivity (Wildman–Crippen MR) is 116 cm³/mol. The molecule has 0 bridgehead atoms. The van der Waals surface area contributed by atoms with Crippen molar-refractivity contribution in [3.8, 4) is 22.1 Å². The first kappa shape index (κ1) is 20.1. The van der Waals surface area contributed by atoms with E-state index in [-0.39, 0.29) is 12.5 Å². The van der Waals surface area contributed by atoms with Gasteiger partial charge in [-0.1, -0.05) is 22.9 Å². The summed E-state index contributed by atoms with van der Waals surface area (Å²) in [4.78, 5) is 13.1. The van der Waals surface area contributed by atoms with E-state index in [0.717, 1.165) is 16.1 Å². The fourth-order valence-electron chi connectivity index (χ4n) is 2.81. The molecule has 0 radical (unpaired) electrons. The van der Waals surface area contributed by atoms with Crippen LogP contribution in [0.4, 0.5) is 5.69 Å². The average molecular weight is 444 g/mol. The lowest BCUT2D eigenvalue weighted by molar-refractivity contribution is -0.118. The number of halogens is 1. The number of hydrogen-bond donors (Lipinski definition) is 1. The van der Waals surface area contributed by atoms with E-state index in [1.54, 1.807) is 35.9 Å². The van der Waals surface area contributed by atoms with E-state index in [2.05, 4.69) is 20.6 Å². The van der Waals surface area contributed by atoms with Gasteiger partial charge in [-0.2, -0.15) is 9.61 Å². The summed E-state index contributed by atoms with van der Waals surface area (Å²) in [6.45, 7) is 3.56. The molecule has 8 nitrogen and oxygen atoms in total. The van der Waals surface area contributed by atoms with E-state index >= 15 is 0 Å². The summed E-state index contributed by atoms with van der Waals surface area (Å²) in [5, 5.41) is 16.8. The molecule has 30 heavy (non-hydrogen) atoms. The third-order valence-corrected chi connectivity index (χ3v) is 5.74. The van der Waals surface area contributed by atoms with Crippen LogP contribution < -0.4 is 14.8 Å². The van der Waals surface area contributed by atoms with Gasteiger partial charge in [0.1, 0.15) is 16.5 Å². The summed E-state index contributed by atoms with van der Waals surface area (Å²) in [5.74, 6) is 1.51. The second kappa shape index (κ2) is 8.29. The minimum absolute atomic E-state index is 0.148. The quantitative estimate of drug-likeness (QED) is 0.481. The van der Waals surface area contributed by atoms with Gasteiger partial charge in [-0.05, 0) is 55.8 Å². The Bertz CT molecular complexity index is 1240. The molecule has 0 saturated carbocycles. The van der Waals surface area contributed by atoms with Crippen LogP contribution in [-0.2, 0) is 4.79 Å². The topological polar surface area (TPSA) is 90.6 Å². The number of rotatable bonds is 6. The molecular formula is C20H18ClN5O3S. The van der Waals surface area contributed by atoms with Crippen molar-refractivity contribution in [1.82, 2.24) is 19.8 Å². The first-order valence-electron chi connectivity index (χ1n) is 9.00. The number of aromatic nitrogens is 4. The fraction of sp³-hybridized carbons (Fsp3) is 0.200. The number of carbonyl (C=O) groups excluding carboxylic acids is 1. The Kier molecular flexibility index (Phi) is 5.56. The number of hydrogen-bond acceptors (Lipinski definition) is 7. The summed E-state index contributed by atoms with van der Waals surface area (Å²) in [7, 11) is 1.55. The van der Waals surface area contributed by atoms with Crippen molar-refractivity contribution >= 4 is 39.5 Å². The molecule has 2 aromatic heterocycles. The monoisotopic (exact) mass is 443 g/mol. The summed E-state index contributed by atoms with van der Waals surface area (Å²) >= 11 is 7.43. The first-order chi connectivity index (χ1) is 14.4. The summed E-state index contributed by atoms with van der Waals surface area (Å²) < 4.78 is 12.6. The third-order valence-electron chi connectivity index (χ3n) is 4.37. The Morgan fingerprint density at radius 2 is 2.03 bits per heavy atom. The number of anilines is 1. The van der Waals surface area contributed by atoms with Gasteiger partial charge in [0.15, 0.2) is 12.4 Å². The molecule has 0 aliphatic rings. The van der Waals surface area contributed by atoms with Gasteiger partial charge < -0.3 is 14.8 Å². The largest absolute Gasteiger partial charge is 0.495 e. The zero-order valence-electron chi connectivity index (χ0n) is 16.5. The highest BCUT2D eigenvalue weighted by atomic mass is 35.5. The Morgan fingerprint density at radius 1 is 1.20 bits per heavy atom. The maximum atomic E-state index is 12.4. The lowest BCUT2D eigenvalue weighted by atomic mass is 10.2. The molecule has 2 heterocycles. The maximum absolute atomic E-state index is 12.4. The highest BCUT2D eigenvalue weighted by molar-refractivity contribution is 7.19. The molecular weight excluding hydrogens is 426 g/mol. The second-order valence-electron chi connectivity index (χ2n) is 6.51. The number of amides is 1. The molecule has 1 N–H and O–H groups in total. The minimum atomic E-state index is -0.313. The number of fused-ring (bicyclic) bond motifs is 1. The van der Waals surface area contributed by atoms with Crippen molar-refractivity contribution in [1.29, 1.82) is 0 Å². The smallest absolute Gasteiger partial charge is 0.262 e. The van der Waals surface area contributed by atoms with Crippen LogP contribution in [0.5, 0.6) is 11.5 Å². The van der Waals surface area contributed by atoms with Crippen LogP contribution >= 0.6 is 22.9 Å². The Labute approximate surface area is 181 Å². The number of benzene rings is 2. The number of methoxy groups -OCH3 is 1. The highest BCUT2D eigenvalue weighted by Gasteiger charge is 2.14. The van der Waals surface area contributed by atoms with Crippen LogP contribution in [0, 0.1) is 13.8 Å². The van der Waals surface area contributed by atoms with Crippen LogP contribution in [0.25, 0.3) is 15.5 Å². The molecule has 1 amide bonds. The number of nitrogens with zero attached hydrogens (tertiary/aromatic N) is 4. The molecule has 4 aromatic rings. The summed E-state index contributed by atoms with van der Waals surface area (Å²) in [5.41, 5.74) is 2.23. The van der Waals surface area contributed by atoms with E-state index in [9.17, 15) is 4.79 Å². The number of aryl methyl sites for hydroxylation is 2. The molecule has 154 valence electrons. The highest BCUT2D eigenvalue weighted by Crippen LogP contribution is 2.32. The average Bonchev–Trinajstić information content (AvgIpc) is 3.31. The van der Waals surface area contributed by atoms with Crippen molar-refractivity contribution in [2.24, 2.45) is 0 Å². The third kappa shape index (κ3) is 4.07. The zero-order valence-corrected chi connectivity index (χ0v) is 18.0. The Hall–Kier alpha value is -3.17. The van der Waals surface area contributed by atoms with E-state index in [1.165, 1.54) is 11.3 Å². The summed E-state index contributed by atoms with van der Waals surface area (Å²) in [6.07, 6.45) is 0. The van der Waals surface area contributed by atoms with Crippen LogP contribution in [0.15, 0.2) is 36.4 Å². The van der Waals surface area contributed by atoms with E-state index in [4.69, 9.17) is 21.1 Å². The number of ether oxygens (including phenoxy) is 2. The van der Waals surface area contributed by atoms with E-state index in [0.29, 0.717) is 33.0 Å². The van der Waals surface area contributed by atoms with Crippen LogP contribution in [0.2, 0.25) is 5.02 Å². The van der Waals surface area contributed by atoms with Gasteiger partial charge in [0.2, 0.25) is 4.96 Å². The van der Waals surface area contributed by atoms with Gasteiger partial charge in [-0.15, -0.1) is 10.2 Å². The Balaban J connectivity index is 1.51. The molecule has 4 rings (SSSR count). The van der Waals surface area contributed by atoms with Gasteiger partial charge in [0.25, 0.3) is 5.91 Å². The summed E-state index contributed by atoms with van der Waals surface area (Å²) in [6, 6.07) is 10.7. The molecule has 0 fully saturated rings.